The van der Waals surface area contributed by atoms with E-state index in [0.717, 1.165) is 43.9 Å². The van der Waals surface area contributed by atoms with Crippen molar-refractivity contribution in [3.8, 4) is 0 Å². The third-order valence-electron chi connectivity index (χ3n) is 5.83. The van der Waals surface area contributed by atoms with Gasteiger partial charge >= 0.3 is 0 Å². The smallest absolute Gasteiger partial charge is 0.227 e. The molecule has 0 radical (unpaired) electrons. The topological polar surface area (TPSA) is 90.7 Å². The second kappa shape index (κ2) is 8.46. The van der Waals surface area contributed by atoms with Gasteiger partial charge in [-0.05, 0) is 25.1 Å². The second-order valence-corrected chi connectivity index (χ2v) is 7.93. The Morgan fingerprint density at radius 2 is 2.06 bits per heavy atom. The highest BCUT2D eigenvalue weighted by atomic mass is 19.1. The highest BCUT2D eigenvalue weighted by molar-refractivity contribution is 5.81. The number of anilines is 2. The molecule has 2 saturated heterocycles. The van der Waals surface area contributed by atoms with Crippen molar-refractivity contribution in [1.29, 1.82) is 0 Å². The summed E-state index contributed by atoms with van der Waals surface area (Å²) < 4.78 is 16.3. The van der Waals surface area contributed by atoms with E-state index < -0.39 is 5.82 Å². The number of imidazole rings is 1. The van der Waals surface area contributed by atoms with Crippen molar-refractivity contribution in [1.82, 2.24) is 30.0 Å². The van der Waals surface area contributed by atoms with Crippen molar-refractivity contribution in [2.24, 2.45) is 5.92 Å². The van der Waals surface area contributed by atoms with Crippen LogP contribution in [0.3, 0.4) is 0 Å². The summed E-state index contributed by atoms with van der Waals surface area (Å²) in [6.45, 7) is 4.72. The first-order valence-corrected chi connectivity index (χ1v) is 10.6. The number of carbonyl (C=O) groups excluding carboxylic acids is 1. The van der Waals surface area contributed by atoms with E-state index >= 15 is 0 Å². The Kier molecular flexibility index (Phi) is 5.37. The number of hydrogen-bond donors (Lipinski definition) is 2. The molecule has 0 spiro atoms. The Hall–Kier alpha value is -3.27. The van der Waals surface area contributed by atoms with E-state index in [0.29, 0.717) is 25.6 Å². The molecule has 0 unspecified atom stereocenters. The minimum atomic E-state index is -0.457. The van der Waals surface area contributed by atoms with Crippen molar-refractivity contribution >= 4 is 23.3 Å². The standard InChI is InChI=1S/C21H25FN8O/c22-17-12-26-21(28-7-3-5-23-6-9-28)27-19(17)29-13-15(14-29)20(31)25-11-16-10-24-18-4-1-2-8-30(16)18/h1-2,4,8,10,12,15,23H,3,5-7,9,11,13-14H2,(H,25,31). The van der Waals surface area contributed by atoms with Gasteiger partial charge in [-0.25, -0.2) is 14.4 Å². The molecule has 0 aliphatic carbocycles. The third kappa shape index (κ3) is 4.02. The Balaban J connectivity index is 1.19. The quantitative estimate of drug-likeness (QED) is 0.627. The zero-order valence-corrected chi connectivity index (χ0v) is 17.2. The SMILES string of the molecule is O=C(NCc1cnc2ccccn12)C1CN(c2nc(N3CCCNCC3)ncc2F)C1. The molecule has 2 aliphatic heterocycles. The van der Waals surface area contributed by atoms with Gasteiger partial charge in [0.15, 0.2) is 11.6 Å². The first kappa shape index (κ1) is 19.7. The lowest BCUT2D eigenvalue weighted by atomic mass is 9.99. The monoisotopic (exact) mass is 424 g/mol. The van der Waals surface area contributed by atoms with E-state index in [9.17, 15) is 9.18 Å². The highest BCUT2D eigenvalue weighted by Crippen LogP contribution is 2.27. The highest BCUT2D eigenvalue weighted by Gasteiger charge is 2.35. The van der Waals surface area contributed by atoms with Crippen LogP contribution in [0, 0.1) is 11.7 Å². The molecule has 2 aliphatic rings. The molecule has 5 heterocycles. The molecule has 3 aromatic heterocycles. The minimum Gasteiger partial charge on any atom is -0.352 e. The summed E-state index contributed by atoms with van der Waals surface area (Å²) in [6.07, 6.45) is 5.91. The zero-order valence-electron chi connectivity index (χ0n) is 17.2. The molecule has 10 heteroatoms. The number of hydrogen-bond acceptors (Lipinski definition) is 7. The van der Waals surface area contributed by atoms with Crippen LogP contribution in [0.15, 0.2) is 36.8 Å². The maximum Gasteiger partial charge on any atom is 0.227 e. The molecule has 2 N–H and O–H groups in total. The van der Waals surface area contributed by atoms with E-state index in [4.69, 9.17) is 0 Å². The molecule has 2 fully saturated rings. The minimum absolute atomic E-state index is 0.0459. The lowest BCUT2D eigenvalue weighted by Gasteiger charge is -2.39. The molecular formula is C21H25FN8O. The summed E-state index contributed by atoms with van der Waals surface area (Å²) in [5, 5.41) is 6.30. The predicted molar refractivity (Wildman–Crippen MR) is 114 cm³/mol. The van der Waals surface area contributed by atoms with Gasteiger partial charge in [-0.15, -0.1) is 0 Å². The van der Waals surface area contributed by atoms with Crippen molar-refractivity contribution in [3.63, 3.8) is 0 Å². The molecule has 162 valence electrons. The van der Waals surface area contributed by atoms with Crippen LogP contribution in [0.5, 0.6) is 0 Å². The Bertz CT molecular complexity index is 1070. The molecule has 3 aromatic rings. The number of amides is 1. The summed E-state index contributed by atoms with van der Waals surface area (Å²) in [4.78, 5) is 29.4. The maximum atomic E-state index is 14.4. The Morgan fingerprint density at radius 1 is 1.16 bits per heavy atom. The van der Waals surface area contributed by atoms with Gasteiger partial charge in [-0.2, -0.15) is 4.98 Å². The summed E-state index contributed by atoms with van der Waals surface area (Å²) in [7, 11) is 0. The number of rotatable bonds is 5. The van der Waals surface area contributed by atoms with Crippen LogP contribution in [0.25, 0.3) is 5.65 Å². The average Bonchev–Trinajstić information content (AvgIpc) is 2.96. The van der Waals surface area contributed by atoms with Gasteiger partial charge in [0.05, 0.1) is 30.6 Å². The lowest BCUT2D eigenvalue weighted by molar-refractivity contribution is -0.125. The molecule has 9 nitrogen and oxygen atoms in total. The van der Waals surface area contributed by atoms with Crippen molar-refractivity contribution in [2.75, 3.05) is 49.1 Å². The maximum absolute atomic E-state index is 14.4. The molecule has 0 bridgehead atoms. The van der Waals surface area contributed by atoms with Gasteiger partial charge in [-0.3, -0.25) is 4.79 Å². The van der Waals surface area contributed by atoms with Gasteiger partial charge in [0, 0.05) is 38.9 Å². The van der Waals surface area contributed by atoms with Crippen LogP contribution in [0.1, 0.15) is 12.1 Å². The first-order chi connectivity index (χ1) is 15.2. The molecule has 31 heavy (non-hydrogen) atoms. The number of aromatic nitrogens is 4. The predicted octanol–water partition coefficient (Wildman–Crippen LogP) is 0.816. The third-order valence-corrected chi connectivity index (χ3v) is 5.83. The fraction of sp³-hybridized carbons (Fsp3) is 0.429. The van der Waals surface area contributed by atoms with Crippen molar-refractivity contribution in [2.45, 2.75) is 13.0 Å². The molecular weight excluding hydrogens is 399 g/mol. The van der Waals surface area contributed by atoms with Crippen LogP contribution in [-0.4, -0.2) is 64.5 Å². The van der Waals surface area contributed by atoms with Crippen LogP contribution >= 0.6 is 0 Å². The Morgan fingerprint density at radius 3 is 2.97 bits per heavy atom. The number of halogens is 1. The number of nitrogens with zero attached hydrogens (tertiary/aromatic N) is 6. The molecule has 5 rings (SSSR count). The van der Waals surface area contributed by atoms with E-state index in [-0.39, 0.29) is 17.6 Å². The molecule has 0 saturated carbocycles. The summed E-state index contributed by atoms with van der Waals surface area (Å²) in [5.41, 5.74) is 1.76. The molecule has 0 aromatic carbocycles. The zero-order chi connectivity index (χ0) is 21.2. The van der Waals surface area contributed by atoms with Crippen LogP contribution in [0.4, 0.5) is 16.2 Å². The second-order valence-electron chi connectivity index (χ2n) is 7.93. The van der Waals surface area contributed by atoms with Gasteiger partial charge in [0.25, 0.3) is 0 Å². The first-order valence-electron chi connectivity index (χ1n) is 10.6. The average molecular weight is 424 g/mol. The van der Waals surface area contributed by atoms with Crippen LogP contribution < -0.4 is 20.4 Å². The molecule has 0 atom stereocenters. The fourth-order valence-electron chi connectivity index (χ4n) is 4.02. The lowest BCUT2D eigenvalue weighted by Crippen LogP contribution is -2.54. The van der Waals surface area contributed by atoms with Gasteiger partial charge in [0.2, 0.25) is 11.9 Å². The fourth-order valence-corrected chi connectivity index (χ4v) is 4.02. The summed E-state index contributed by atoms with van der Waals surface area (Å²) in [6, 6.07) is 5.77. The van der Waals surface area contributed by atoms with Crippen LogP contribution in [0.2, 0.25) is 0 Å². The van der Waals surface area contributed by atoms with Gasteiger partial charge in [0.1, 0.15) is 5.65 Å². The number of pyridine rings is 1. The van der Waals surface area contributed by atoms with E-state index in [2.05, 4.69) is 30.5 Å². The largest absolute Gasteiger partial charge is 0.352 e. The molecule has 1 amide bonds. The van der Waals surface area contributed by atoms with Gasteiger partial charge < -0.3 is 24.8 Å². The van der Waals surface area contributed by atoms with Gasteiger partial charge in [-0.1, -0.05) is 6.07 Å². The van der Waals surface area contributed by atoms with E-state index in [1.165, 1.54) is 6.20 Å². The number of carbonyl (C=O) groups is 1. The van der Waals surface area contributed by atoms with E-state index in [1.807, 2.05) is 28.8 Å². The summed E-state index contributed by atoms with van der Waals surface area (Å²) in [5.74, 6) is 0.115. The van der Waals surface area contributed by atoms with Crippen LogP contribution in [-0.2, 0) is 11.3 Å². The van der Waals surface area contributed by atoms with Crippen molar-refractivity contribution < 1.29 is 9.18 Å². The summed E-state index contributed by atoms with van der Waals surface area (Å²) >= 11 is 0. The normalized spacial score (nSPS) is 17.5. The Labute approximate surface area is 179 Å². The van der Waals surface area contributed by atoms with Crippen molar-refractivity contribution in [3.05, 3.63) is 48.3 Å². The van der Waals surface area contributed by atoms with E-state index in [1.54, 1.807) is 11.1 Å². The number of fused-ring (bicyclic) bond motifs is 1. The number of nitrogens with one attached hydrogen (secondary N) is 2.